The zero-order valence-electron chi connectivity index (χ0n) is 14.8. The van der Waals surface area contributed by atoms with Gasteiger partial charge in [0.05, 0.1) is 23.7 Å². The number of carbonyl (C=O) groups is 3. The van der Waals surface area contributed by atoms with Gasteiger partial charge in [-0.15, -0.1) is 0 Å². The van der Waals surface area contributed by atoms with Gasteiger partial charge in [-0.25, -0.2) is 4.85 Å². The van der Waals surface area contributed by atoms with Crippen molar-refractivity contribution in [3.63, 3.8) is 0 Å². The second-order valence-electron chi connectivity index (χ2n) is 7.25. The quantitative estimate of drug-likeness (QED) is 0.766. The molecule has 3 rings (SSSR count). The number of ketones is 1. The molecule has 28 heavy (non-hydrogen) atoms. The third-order valence-corrected chi connectivity index (χ3v) is 5.33. The van der Waals surface area contributed by atoms with Crippen LogP contribution in [0.5, 0.6) is 0 Å². The molecule has 2 heterocycles. The molecule has 1 aromatic rings. The second-order valence-corrected chi connectivity index (χ2v) is 7.25. The van der Waals surface area contributed by atoms with E-state index in [0.29, 0.717) is 6.07 Å². The Kier molecular flexibility index (Phi) is 4.27. The molecule has 2 fully saturated rings. The van der Waals surface area contributed by atoms with Gasteiger partial charge in [0, 0.05) is 12.1 Å². The highest BCUT2D eigenvalue weighted by atomic mass is 19.4. The first-order valence-corrected chi connectivity index (χ1v) is 8.19. The van der Waals surface area contributed by atoms with Gasteiger partial charge in [0.1, 0.15) is 11.5 Å². The Hall–Kier alpha value is -2.93. The summed E-state index contributed by atoms with van der Waals surface area (Å²) in [5.74, 6) is -5.45. The van der Waals surface area contributed by atoms with Crippen molar-refractivity contribution >= 4 is 29.0 Å². The molecule has 10 heteroatoms. The number of hydrogen-bond donors (Lipinski definition) is 2. The van der Waals surface area contributed by atoms with Crippen molar-refractivity contribution in [3.8, 4) is 0 Å². The van der Waals surface area contributed by atoms with Crippen LogP contribution in [0, 0.1) is 18.4 Å². The number of anilines is 1. The maximum Gasteiger partial charge on any atom is 0.407 e. The van der Waals surface area contributed by atoms with Crippen LogP contribution in [-0.2, 0) is 25.3 Å². The van der Waals surface area contributed by atoms with Crippen LogP contribution < -0.4 is 5.32 Å². The van der Waals surface area contributed by atoms with Gasteiger partial charge in [-0.2, -0.15) is 13.2 Å². The first kappa shape index (κ1) is 19.8. The number of Topliss-reactive ketones (excluding diaryl/α,β-unsaturated/α-hetero) is 1. The van der Waals surface area contributed by atoms with Crippen molar-refractivity contribution in [2.75, 3.05) is 5.32 Å². The first-order valence-electron chi connectivity index (χ1n) is 8.19. The minimum absolute atomic E-state index is 0.165. The number of nitrogens with one attached hydrogen (secondary N) is 1. The van der Waals surface area contributed by atoms with Crippen molar-refractivity contribution in [1.82, 2.24) is 0 Å². The predicted molar refractivity (Wildman–Crippen MR) is 88.5 cm³/mol. The summed E-state index contributed by atoms with van der Waals surface area (Å²) in [6.07, 6.45) is -4.97. The third kappa shape index (κ3) is 2.82. The number of benzene rings is 1. The Labute approximate surface area is 157 Å². The number of carboxylic acid groups (broad SMARTS) is 1. The summed E-state index contributed by atoms with van der Waals surface area (Å²) < 4.78 is 44.9. The molecule has 0 saturated carbocycles. The van der Waals surface area contributed by atoms with Crippen LogP contribution in [0.15, 0.2) is 18.2 Å². The SMILES string of the molecule is [C-]#[N+]c1ccc(NC(=O)C2C(C(=O)O)C3(C)CC(=O)C2(C)O3)cc1C(F)(F)F. The number of hydrogen-bond acceptors (Lipinski definition) is 4. The number of carboxylic acids is 1. The molecule has 0 aliphatic carbocycles. The van der Waals surface area contributed by atoms with Gasteiger partial charge in [-0.3, -0.25) is 14.4 Å². The van der Waals surface area contributed by atoms with E-state index < -0.39 is 58.1 Å². The molecule has 7 nitrogen and oxygen atoms in total. The molecular formula is C18H15F3N2O5. The molecule has 2 aliphatic rings. The van der Waals surface area contributed by atoms with Gasteiger partial charge in [0.15, 0.2) is 11.5 Å². The summed E-state index contributed by atoms with van der Waals surface area (Å²) in [5.41, 5.74) is -5.17. The molecule has 4 atom stereocenters. The zero-order valence-corrected chi connectivity index (χ0v) is 14.8. The van der Waals surface area contributed by atoms with Gasteiger partial charge in [-0.05, 0) is 26.0 Å². The molecule has 0 aromatic heterocycles. The van der Waals surface area contributed by atoms with Gasteiger partial charge < -0.3 is 15.2 Å². The van der Waals surface area contributed by atoms with Crippen LogP contribution in [0.3, 0.4) is 0 Å². The zero-order chi connectivity index (χ0) is 21.1. The fourth-order valence-corrected chi connectivity index (χ4v) is 4.12. The van der Waals surface area contributed by atoms with Crippen molar-refractivity contribution < 1.29 is 37.4 Å². The monoisotopic (exact) mass is 396 g/mol. The summed E-state index contributed by atoms with van der Waals surface area (Å²) >= 11 is 0. The number of carbonyl (C=O) groups excluding carboxylic acids is 2. The summed E-state index contributed by atoms with van der Waals surface area (Å²) in [6, 6.07) is 2.61. The Morgan fingerprint density at radius 3 is 2.50 bits per heavy atom. The molecule has 2 N–H and O–H groups in total. The van der Waals surface area contributed by atoms with Crippen LogP contribution in [0.1, 0.15) is 25.8 Å². The summed E-state index contributed by atoms with van der Waals surface area (Å²) in [4.78, 5) is 39.6. The van der Waals surface area contributed by atoms with E-state index in [4.69, 9.17) is 11.3 Å². The Bertz CT molecular complexity index is 938. The van der Waals surface area contributed by atoms with Crippen LogP contribution in [-0.4, -0.2) is 34.0 Å². The number of halogens is 3. The maximum atomic E-state index is 13.1. The first-order chi connectivity index (χ1) is 12.8. The van der Waals surface area contributed by atoms with E-state index in [1.54, 1.807) is 0 Å². The lowest BCUT2D eigenvalue weighted by Crippen LogP contribution is -2.52. The third-order valence-electron chi connectivity index (χ3n) is 5.33. The molecule has 4 unspecified atom stereocenters. The number of rotatable bonds is 3. The van der Waals surface area contributed by atoms with Crippen molar-refractivity contribution in [2.45, 2.75) is 37.6 Å². The lowest BCUT2D eigenvalue weighted by Gasteiger charge is -2.32. The van der Waals surface area contributed by atoms with E-state index in [9.17, 15) is 32.7 Å². The van der Waals surface area contributed by atoms with Gasteiger partial charge in [-0.1, -0.05) is 6.07 Å². The number of fused-ring (bicyclic) bond motifs is 2. The number of amides is 1. The van der Waals surface area contributed by atoms with Crippen molar-refractivity contribution in [3.05, 3.63) is 35.2 Å². The molecule has 2 bridgehead atoms. The fourth-order valence-electron chi connectivity index (χ4n) is 4.12. The molecular weight excluding hydrogens is 381 g/mol. The van der Waals surface area contributed by atoms with E-state index in [1.807, 2.05) is 0 Å². The van der Waals surface area contributed by atoms with E-state index in [1.165, 1.54) is 13.8 Å². The van der Waals surface area contributed by atoms with Gasteiger partial charge in [0.25, 0.3) is 0 Å². The Morgan fingerprint density at radius 2 is 1.96 bits per heavy atom. The largest absolute Gasteiger partial charge is 0.481 e. The minimum Gasteiger partial charge on any atom is -0.481 e. The fraction of sp³-hybridized carbons (Fsp3) is 0.444. The standard InChI is InChI=1S/C18H15F3N2O5/c1-16-7-11(24)17(2,28-16)12(13(16)15(26)27)14(25)23-8-4-5-10(22-3)9(6-8)18(19,20)21/h4-6,12-13H,7H2,1-2H3,(H,23,25)(H,26,27). The molecule has 0 spiro atoms. The van der Waals surface area contributed by atoms with E-state index in [-0.39, 0.29) is 12.1 Å². The number of alkyl halides is 3. The molecule has 1 amide bonds. The summed E-state index contributed by atoms with van der Waals surface area (Å²) in [6.45, 7) is 9.57. The predicted octanol–water partition coefficient (Wildman–Crippen LogP) is 3.03. The highest BCUT2D eigenvalue weighted by molar-refractivity contribution is 6.05. The average Bonchev–Trinajstić information content (AvgIpc) is 2.95. The minimum atomic E-state index is -4.81. The smallest absolute Gasteiger partial charge is 0.407 e. The van der Waals surface area contributed by atoms with Gasteiger partial charge in [0.2, 0.25) is 5.91 Å². The Balaban J connectivity index is 1.96. The number of ether oxygens (including phenoxy) is 1. The molecule has 2 saturated heterocycles. The lowest BCUT2D eigenvalue weighted by atomic mass is 9.66. The molecule has 1 aromatic carbocycles. The summed E-state index contributed by atoms with van der Waals surface area (Å²) in [7, 11) is 0. The summed E-state index contributed by atoms with van der Waals surface area (Å²) in [5, 5.41) is 11.8. The van der Waals surface area contributed by atoms with E-state index in [2.05, 4.69) is 10.2 Å². The molecule has 0 radical (unpaired) electrons. The highest BCUT2D eigenvalue weighted by Gasteiger charge is 2.72. The van der Waals surface area contributed by atoms with Crippen LogP contribution >= 0.6 is 0 Å². The van der Waals surface area contributed by atoms with Crippen LogP contribution in [0.4, 0.5) is 24.5 Å². The van der Waals surface area contributed by atoms with E-state index in [0.717, 1.165) is 12.1 Å². The number of aliphatic carboxylic acids is 1. The molecule has 2 aliphatic heterocycles. The average molecular weight is 396 g/mol. The topological polar surface area (TPSA) is 97.1 Å². The highest BCUT2D eigenvalue weighted by Crippen LogP contribution is 2.56. The van der Waals surface area contributed by atoms with Crippen molar-refractivity contribution in [1.29, 1.82) is 0 Å². The maximum absolute atomic E-state index is 13.1. The second kappa shape index (κ2) is 6.04. The molecule has 148 valence electrons. The lowest BCUT2D eigenvalue weighted by molar-refractivity contribution is -0.150. The number of nitrogens with zero attached hydrogens (tertiary/aromatic N) is 1. The van der Waals surface area contributed by atoms with Crippen LogP contribution in [0.2, 0.25) is 0 Å². The van der Waals surface area contributed by atoms with E-state index >= 15 is 0 Å². The van der Waals surface area contributed by atoms with Crippen LogP contribution in [0.25, 0.3) is 4.85 Å². The Morgan fingerprint density at radius 1 is 1.32 bits per heavy atom. The van der Waals surface area contributed by atoms with Crippen molar-refractivity contribution in [2.24, 2.45) is 11.8 Å². The van der Waals surface area contributed by atoms with Gasteiger partial charge >= 0.3 is 12.1 Å². The normalized spacial score (nSPS) is 31.5.